The summed E-state index contributed by atoms with van der Waals surface area (Å²) < 4.78 is 4.72. The van der Waals surface area contributed by atoms with Crippen molar-refractivity contribution in [3.8, 4) is 39.7 Å². The number of nitriles is 1. The first-order valence-electron chi connectivity index (χ1n) is 15.5. The monoisotopic (exact) mass is 585 g/mol. The maximum Gasteiger partial charge on any atom is 0.0998 e. The second-order valence-electron chi connectivity index (χ2n) is 11.7. The minimum absolute atomic E-state index is 0.673. The normalized spacial score (nSPS) is 11.5. The van der Waals surface area contributed by atoms with E-state index in [-0.39, 0.29) is 0 Å². The Hall–Kier alpha value is -6.37. The summed E-state index contributed by atoms with van der Waals surface area (Å²) in [7, 11) is 0. The molecule has 0 saturated heterocycles. The highest BCUT2D eigenvalue weighted by molar-refractivity contribution is 6.11. The Morgan fingerprint density at radius 3 is 1.48 bits per heavy atom. The summed E-state index contributed by atoms with van der Waals surface area (Å²) in [5.74, 6) is 0. The van der Waals surface area contributed by atoms with Gasteiger partial charge in [-0.1, -0.05) is 109 Å². The first-order valence-corrected chi connectivity index (χ1v) is 15.5. The first-order chi connectivity index (χ1) is 22.8. The fraction of sp³-hybridized carbons (Fsp3) is 0. The summed E-state index contributed by atoms with van der Waals surface area (Å²) in [6.45, 7) is 0. The topological polar surface area (TPSA) is 33.6 Å². The van der Waals surface area contributed by atoms with Crippen molar-refractivity contribution >= 4 is 43.6 Å². The lowest BCUT2D eigenvalue weighted by Gasteiger charge is -2.13. The molecular weight excluding hydrogens is 558 g/mol. The van der Waals surface area contributed by atoms with Crippen LogP contribution in [0, 0.1) is 11.3 Å². The van der Waals surface area contributed by atoms with Crippen LogP contribution in [0.5, 0.6) is 0 Å². The standard InChI is InChI=1S/C43H27N3/c44-28-32-11-1-2-16-35(32)31-13-10-15-34(26-31)46-42-22-8-5-19-38(42)39-24-23-30(27-43(39)46)29-12-9-14-33(25-29)45-40-20-6-3-17-36(40)37-18-4-7-21-41(37)45/h1-27H. The molecule has 46 heavy (non-hydrogen) atoms. The molecule has 0 unspecified atom stereocenters. The Bertz CT molecular complexity index is 2610. The van der Waals surface area contributed by atoms with E-state index in [1.165, 1.54) is 32.6 Å². The van der Waals surface area contributed by atoms with Gasteiger partial charge in [0.15, 0.2) is 0 Å². The number of nitrogens with zero attached hydrogens (tertiary/aromatic N) is 3. The van der Waals surface area contributed by atoms with Crippen LogP contribution in [0.3, 0.4) is 0 Å². The number of hydrogen-bond donors (Lipinski definition) is 0. The van der Waals surface area contributed by atoms with Crippen LogP contribution in [0.25, 0.3) is 77.2 Å². The molecule has 0 N–H and O–H groups in total. The van der Waals surface area contributed by atoms with E-state index in [1.807, 2.05) is 24.3 Å². The zero-order chi connectivity index (χ0) is 30.6. The van der Waals surface area contributed by atoms with Gasteiger partial charge >= 0.3 is 0 Å². The molecule has 9 rings (SSSR count). The number of benzene rings is 7. The number of fused-ring (bicyclic) bond motifs is 6. The molecule has 0 bridgehead atoms. The molecule has 0 amide bonds. The van der Waals surface area contributed by atoms with E-state index in [0.717, 1.165) is 44.7 Å². The largest absolute Gasteiger partial charge is 0.309 e. The fourth-order valence-corrected chi connectivity index (χ4v) is 7.10. The summed E-state index contributed by atoms with van der Waals surface area (Å²) in [5, 5.41) is 14.7. The van der Waals surface area contributed by atoms with Crippen molar-refractivity contribution in [2.75, 3.05) is 0 Å². The van der Waals surface area contributed by atoms with E-state index >= 15 is 0 Å². The van der Waals surface area contributed by atoms with Crippen LogP contribution in [0.2, 0.25) is 0 Å². The molecule has 0 fully saturated rings. The van der Waals surface area contributed by atoms with Gasteiger partial charge in [-0.25, -0.2) is 0 Å². The lowest BCUT2D eigenvalue weighted by Crippen LogP contribution is -1.96. The van der Waals surface area contributed by atoms with Gasteiger partial charge in [-0.2, -0.15) is 5.26 Å². The third-order valence-corrected chi connectivity index (χ3v) is 9.15. The molecular formula is C43H27N3. The Morgan fingerprint density at radius 2 is 0.848 bits per heavy atom. The molecule has 214 valence electrons. The predicted octanol–water partition coefficient (Wildman–Crippen LogP) is 11.1. The van der Waals surface area contributed by atoms with Crippen molar-refractivity contribution in [2.24, 2.45) is 0 Å². The number of para-hydroxylation sites is 3. The molecule has 7 aromatic carbocycles. The summed E-state index contributed by atoms with van der Waals surface area (Å²) in [4.78, 5) is 0. The predicted molar refractivity (Wildman–Crippen MR) is 191 cm³/mol. The summed E-state index contributed by atoms with van der Waals surface area (Å²) in [6.07, 6.45) is 0. The van der Waals surface area contributed by atoms with Crippen LogP contribution < -0.4 is 0 Å². The molecule has 0 saturated carbocycles. The van der Waals surface area contributed by atoms with Gasteiger partial charge in [0.1, 0.15) is 0 Å². The smallest absolute Gasteiger partial charge is 0.0998 e. The van der Waals surface area contributed by atoms with E-state index in [4.69, 9.17) is 0 Å². The van der Waals surface area contributed by atoms with Crippen LogP contribution in [0.4, 0.5) is 0 Å². The second-order valence-corrected chi connectivity index (χ2v) is 11.7. The molecule has 3 heteroatoms. The zero-order valence-corrected chi connectivity index (χ0v) is 24.9. The summed E-state index contributed by atoms with van der Waals surface area (Å²) in [6, 6.07) is 60.2. The van der Waals surface area contributed by atoms with Crippen molar-refractivity contribution in [3.05, 3.63) is 169 Å². The molecule has 0 atom stereocenters. The third-order valence-electron chi connectivity index (χ3n) is 9.15. The van der Waals surface area contributed by atoms with E-state index in [0.29, 0.717) is 5.56 Å². The van der Waals surface area contributed by atoms with Crippen LogP contribution in [-0.4, -0.2) is 9.13 Å². The molecule has 0 radical (unpaired) electrons. The molecule has 2 aromatic heterocycles. The average molecular weight is 586 g/mol. The minimum atomic E-state index is 0.673. The van der Waals surface area contributed by atoms with Gasteiger partial charge < -0.3 is 9.13 Å². The number of hydrogen-bond acceptors (Lipinski definition) is 1. The Balaban J connectivity index is 1.24. The van der Waals surface area contributed by atoms with Crippen molar-refractivity contribution in [3.63, 3.8) is 0 Å². The Morgan fingerprint density at radius 1 is 0.370 bits per heavy atom. The maximum atomic E-state index is 9.78. The molecule has 2 heterocycles. The Kier molecular flexibility index (Phi) is 5.88. The van der Waals surface area contributed by atoms with Gasteiger partial charge in [-0.3, -0.25) is 0 Å². The highest BCUT2D eigenvalue weighted by atomic mass is 15.0. The molecule has 0 aliphatic heterocycles. The lowest BCUT2D eigenvalue weighted by molar-refractivity contribution is 1.18. The Labute approximate surface area is 266 Å². The summed E-state index contributed by atoms with van der Waals surface area (Å²) >= 11 is 0. The van der Waals surface area contributed by atoms with Crippen LogP contribution in [0.15, 0.2) is 164 Å². The van der Waals surface area contributed by atoms with E-state index in [1.54, 1.807) is 0 Å². The molecule has 0 spiro atoms. The quantitative estimate of drug-likeness (QED) is 0.202. The number of rotatable bonds is 4. The number of aromatic nitrogens is 2. The first kappa shape index (κ1) is 26.1. The third kappa shape index (κ3) is 3.98. The second kappa shape index (κ2) is 10.4. The van der Waals surface area contributed by atoms with Gasteiger partial charge in [0.25, 0.3) is 0 Å². The fourth-order valence-electron chi connectivity index (χ4n) is 7.10. The SMILES string of the molecule is N#Cc1ccccc1-c1cccc(-n2c3ccccc3c3ccc(-c4cccc(-n5c6ccccc6c6ccccc65)c4)cc32)c1. The average Bonchev–Trinajstić information content (AvgIpc) is 3.64. The molecule has 0 aliphatic carbocycles. The highest BCUT2D eigenvalue weighted by Crippen LogP contribution is 2.37. The molecule has 0 aliphatic rings. The van der Waals surface area contributed by atoms with Gasteiger partial charge in [-0.15, -0.1) is 0 Å². The van der Waals surface area contributed by atoms with Crippen molar-refractivity contribution in [2.45, 2.75) is 0 Å². The van der Waals surface area contributed by atoms with Crippen molar-refractivity contribution in [1.82, 2.24) is 9.13 Å². The van der Waals surface area contributed by atoms with Crippen molar-refractivity contribution in [1.29, 1.82) is 5.26 Å². The van der Waals surface area contributed by atoms with Gasteiger partial charge in [0.05, 0.1) is 33.7 Å². The maximum absolute atomic E-state index is 9.78. The van der Waals surface area contributed by atoms with Crippen molar-refractivity contribution < 1.29 is 0 Å². The summed E-state index contributed by atoms with van der Waals surface area (Å²) in [5.41, 5.74) is 11.9. The molecule has 9 aromatic rings. The molecule has 3 nitrogen and oxygen atoms in total. The lowest BCUT2D eigenvalue weighted by atomic mass is 10.00. The van der Waals surface area contributed by atoms with Gasteiger partial charge in [-0.05, 0) is 76.9 Å². The van der Waals surface area contributed by atoms with Crippen LogP contribution in [-0.2, 0) is 0 Å². The van der Waals surface area contributed by atoms with Crippen LogP contribution in [0.1, 0.15) is 5.56 Å². The zero-order valence-electron chi connectivity index (χ0n) is 24.9. The minimum Gasteiger partial charge on any atom is -0.309 e. The van der Waals surface area contributed by atoms with E-state index in [9.17, 15) is 5.26 Å². The highest BCUT2D eigenvalue weighted by Gasteiger charge is 2.16. The van der Waals surface area contributed by atoms with E-state index in [2.05, 4.69) is 155 Å². The van der Waals surface area contributed by atoms with Crippen LogP contribution >= 0.6 is 0 Å². The van der Waals surface area contributed by atoms with E-state index < -0.39 is 0 Å². The van der Waals surface area contributed by atoms with Gasteiger partial charge in [0, 0.05) is 32.9 Å². The van der Waals surface area contributed by atoms with Gasteiger partial charge in [0.2, 0.25) is 0 Å².